The van der Waals surface area contributed by atoms with Crippen molar-refractivity contribution < 1.29 is 4.79 Å². The molecule has 0 bridgehead atoms. The van der Waals surface area contributed by atoms with Crippen LogP contribution in [0.5, 0.6) is 0 Å². The van der Waals surface area contributed by atoms with Crippen LogP contribution in [0.1, 0.15) is 24.4 Å². The second kappa shape index (κ2) is 5.09. The number of carbonyl (C=O) groups excluding carboxylic acids is 1. The van der Waals surface area contributed by atoms with E-state index in [1.807, 2.05) is 24.3 Å². The van der Waals surface area contributed by atoms with Gasteiger partial charge in [0, 0.05) is 11.3 Å². The zero-order chi connectivity index (χ0) is 11.4. The molecule has 1 aromatic carbocycles. The molecule has 86 valence electrons. The van der Waals surface area contributed by atoms with Crippen LogP contribution in [0.3, 0.4) is 0 Å². The molecule has 4 heteroatoms. The highest BCUT2D eigenvalue weighted by Crippen LogP contribution is 2.29. The van der Waals surface area contributed by atoms with Gasteiger partial charge in [-0.2, -0.15) is 0 Å². The smallest absolute Gasteiger partial charge is 0.246 e. The summed E-state index contributed by atoms with van der Waals surface area (Å²) in [6, 6.07) is 7.58. The van der Waals surface area contributed by atoms with Crippen molar-refractivity contribution in [1.29, 1.82) is 0 Å². The molecule has 0 radical (unpaired) electrons. The number of benzene rings is 1. The third kappa shape index (κ3) is 2.23. The van der Waals surface area contributed by atoms with Gasteiger partial charge in [-0.3, -0.25) is 4.79 Å². The van der Waals surface area contributed by atoms with Crippen molar-refractivity contribution in [3.8, 4) is 0 Å². The Labute approximate surface area is 95.2 Å². The second-order valence-corrected chi connectivity index (χ2v) is 3.96. The molecule has 16 heavy (non-hydrogen) atoms. The molecule has 2 rings (SSSR count). The van der Waals surface area contributed by atoms with E-state index in [9.17, 15) is 4.79 Å². The molecule has 1 unspecified atom stereocenters. The van der Waals surface area contributed by atoms with Gasteiger partial charge < -0.3 is 16.4 Å². The van der Waals surface area contributed by atoms with E-state index in [-0.39, 0.29) is 11.9 Å². The van der Waals surface area contributed by atoms with Gasteiger partial charge in [-0.15, -0.1) is 0 Å². The lowest BCUT2D eigenvalue weighted by Crippen LogP contribution is -2.28. The molecule has 0 aromatic heterocycles. The molecule has 0 spiro atoms. The molecule has 1 amide bonds. The lowest BCUT2D eigenvalue weighted by atomic mass is 10.1. The maximum absolute atomic E-state index is 11.7. The quantitative estimate of drug-likeness (QED) is 0.647. The number of nitrogens with one attached hydrogen (secondary N) is 2. The number of rotatable bonds is 5. The summed E-state index contributed by atoms with van der Waals surface area (Å²) in [4.78, 5) is 11.7. The topological polar surface area (TPSA) is 67.1 Å². The summed E-state index contributed by atoms with van der Waals surface area (Å²) in [6.07, 6.45) is 1.99. The standard InChI is InChI=1S/C12H17N3O/c13-7-3-4-8-14-11-9-5-1-2-6-10(9)15-12(11)16/h1-2,5-6,11,14H,3-4,7-8,13H2,(H,15,16). The number of amides is 1. The summed E-state index contributed by atoms with van der Waals surface area (Å²) in [5, 5.41) is 6.12. The Morgan fingerprint density at radius 3 is 2.94 bits per heavy atom. The molecule has 1 aliphatic rings. The first kappa shape index (κ1) is 11.1. The van der Waals surface area contributed by atoms with Crippen LogP contribution >= 0.6 is 0 Å². The van der Waals surface area contributed by atoms with Crippen molar-refractivity contribution in [3.05, 3.63) is 29.8 Å². The van der Waals surface area contributed by atoms with Crippen LogP contribution in [-0.2, 0) is 4.79 Å². The number of fused-ring (bicyclic) bond motifs is 1. The van der Waals surface area contributed by atoms with E-state index >= 15 is 0 Å². The van der Waals surface area contributed by atoms with Gasteiger partial charge in [-0.1, -0.05) is 18.2 Å². The lowest BCUT2D eigenvalue weighted by molar-refractivity contribution is -0.117. The number of unbranched alkanes of at least 4 members (excludes halogenated alkanes) is 1. The summed E-state index contributed by atoms with van der Waals surface area (Å²) in [5.41, 5.74) is 7.38. The maximum Gasteiger partial charge on any atom is 0.246 e. The van der Waals surface area contributed by atoms with E-state index in [1.165, 1.54) is 0 Å². The van der Waals surface area contributed by atoms with E-state index in [2.05, 4.69) is 10.6 Å². The number of hydrogen-bond donors (Lipinski definition) is 3. The van der Waals surface area contributed by atoms with Gasteiger partial charge in [0.1, 0.15) is 6.04 Å². The molecule has 0 fully saturated rings. The number of hydrogen-bond acceptors (Lipinski definition) is 3. The van der Waals surface area contributed by atoms with Crippen LogP contribution < -0.4 is 16.4 Å². The van der Waals surface area contributed by atoms with Gasteiger partial charge in [0.25, 0.3) is 0 Å². The summed E-state index contributed by atoms with van der Waals surface area (Å²) < 4.78 is 0. The Hall–Kier alpha value is -1.39. The summed E-state index contributed by atoms with van der Waals surface area (Å²) in [7, 11) is 0. The number of carbonyl (C=O) groups is 1. The molecular formula is C12H17N3O. The molecule has 1 aromatic rings. The highest BCUT2D eigenvalue weighted by atomic mass is 16.2. The van der Waals surface area contributed by atoms with E-state index in [0.29, 0.717) is 6.54 Å². The monoisotopic (exact) mass is 219 g/mol. The van der Waals surface area contributed by atoms with E-state index < -0.39 is 0 Å². The SMILES string of the molecule is NCCCCNC1C(=O)Nc2ccccc21. The van der Waals surface area contributed by atoms with Crippen LogP contribution in [0.2, 0.25) is 0 Å². The van der Waals surface area contributed by atoms with E-state index in [4.69, 9.17) is 5.73 Å². The van der Waals surface area contributed by atoms with Crippen LogP contribution in [0, 0.1) is 0 Å². The van der Waals surface area contributed by atoms with Gasteiger partial charge in [0.15, 0.2) is 0 Å². The fourth-order valence-corrected chi connectivity index (χ4v) is 1.93. The molecule has 0 saturated heterocycles. The molecular weight excluding hydrogens is 202 g/mol. The Balaban J connectivity index is 1.97. The minimum Gasteiger partial charge on any atom is -0.330 e. The Bertz CT molecular complexity index is 378. The average molecular weight is 219 g/mol. The first-order valence-electron chi connectivity index (χ1n) is 5.66. The Morgan fingerprint density at radius 1 is 1.31 bits per heavy atom. The third-order valence-corrected chi connectivity index (χ3v) is 2.77. The van der Waals surface area contributed by atoms with Crippen LogP contribution in [0.15, 0.2) is 24.3 Å². The lowest BCUT2D eigenvalue weighted by Gasteiger charge is -2.10. The molecule has 1 aliphatic heterocycles. The van der Waals surface area contributed by atoms with Crippen molar-refractivity contribution in [1.82, 2.24) is 5.32 Å². The second-order valence-electron chi connectivity index (χ2n) is 3.96. The number of nitrogens with two attached hydrogens (primary N) is 1. The van der Waals surface area contributed by atoms with Gasteiger partial charge in [-0.25, -0.2) is 0 Å². The first-order valence-corrected chi connectivity index (χ1v) is 5.66. The van der Waals surface area contributed by atoms with Crippen molar-refractivity contribution in [2.45, 2.75) is 18.9 Å². The minimum absolute atomic E-state index is 0.0361. The molecule has 4 N–H and O–H groups in total. The minimum atomic E-state index is -0.200. The van der Waals surface area contributed by atoms with Crippen LogP contribution in [0.4, 0.5) is 5.69 Å². The van der Waals surface area contributed by atoms with Crippen molar-refractivity contribution in [3.63, 3.8) is 0 Å². The third-order valence-electron chi connectivity index (χ3n) is 2.77. The highest BCUT2D eigenvalue weighted by Gasteiger charge is 2.28. The number of para-hydroxylation sites is 1. The first-order chi connectivity index (χ1) is 7.83. The zero-order valence-electron chi connectivity index (χ0n) is 9.20. The van der Waals surface area contributed by atoms with Crippen LogP contribution in [-0.4, -0.2) is 19.0 Å². The summed E-state index contributed by atoms with van der Waals surface area (Å²) in [6.45, 7) is 1.53. The largest absolute Gasteiger partial charge is 0.330 e. The zero-order valence-corrected chi connectivity index (χ0v) is 9.20. The van der Waals surface area contributed by atoms with Crippen molar-refractivity contribution in [2.24, 2.45) is 5.73 Å². The van der Waals surface area contributed by atoms with E-state index in [1.54, 1.807) is 0 Å². The molecule has 0 saturated carbocycles. The Morgan fingerprint density at radius 2 is 2.12 bits per heavy atom. The molecule has 4 nitrogen and oxygen atoms in total. The number of anilines is 1. The highest BCUT2D eigenvalue weighted by molar-refractivity contribution is 6.02. The Kier molecular flexibility index (Phi) is 3.54. The summed E-state index contributed by atoms with van der Waals surface area (Å²) >= 11 is 0. The maximum atomic E-state index is 11.7. The fraction of sp³-hybridized carbons (Fsp3) is 0.417. The van der Waals surface area contributed by atoms with Crippen molar-refractivity contribution >= 4 is 11.6 Å². The predicted octanol–water partition coefficient (Wildman–Crippen LogP) is 1.01. The molecule has 1 heterocycles. The van der Waals surface area contributed by atoms with Gasteiger partial charge in [-0.05, 0) is 32.0 Å². The average Bonchev–Trinajstić information content (AvgIpc) is 2.61. The normalized spacial score (nSPS) is 18.3. The van der Waals surface area contributed by atoms with Crippen LogP contribution in [0.25, 0.3) is 0 Å². The van der Waals surface area contributed by atoms with Gasteiger partial charge in [0.05, 0.1) is 0 Å². The molecule has 1 atom stereocenters. The summed E-state index contributed by atoms with van der Waals surface area (Å²) in [5.74, 6) is 0.0361. The van der Waals surface area contributed by atoms with E-state index in [0.717, 1.165) is 30.6 Å². The predicted molar refractivity (Wildman–Crippen MR) is 64.1 cm³/mol. The van der Waals surface area contributed by atoms with Gasteiger partial charge in [0.2, 0.25) is 5.91 Å². The molecule has 0 aliphatic carbocycles. The van der Waals surface area contributed by atoms with Crippen molar-refractivity contribution in [2.75, 3.05) is 18.4 Å². The van der Waals surface area contributed by atoms with Gasteiger partial charge >= 0.3 is 0 Å². The fourth-order valence-electron chi connectivity index (χ4n) is 1.93.